The molecule has 1 atom stereocenters. The van der Waals surface area contributed by atoms with Gasteiger partial charge in [0.15, 0.2) is 0 Å². The standard InChI is InChI=1S/C16H25N5O4S/c1-4-14(22)21-8-5-6-13(21)15-17-12-10-20(26(24,25)19(2)3)9-7-11(12)16(23)18-15/h13H,4-10H2,1-3H3,(H,17,18,23)/t13-/m0/s1. The second-order valence-corrected chi connectivity index (χ2v) is 8.99. The lowest BCUT2D eigenvalue weighted by Crippen LogP contribution is -2.44. The van der Waals surface area contributed by atoms with Crippen molar-refractivity contribution in [1.29, 1.82) is 0 Å². The van der Waals surface area contributed by atoms with Gasteiger partial charge in [-0.05, 0) is 19.3 Å². The fourth-order valence-corrected chi connectivity index (χ4v) is 4.64. The zero-order chi connectivity index (χ0) is 19.1. The average Bonchev–Trinajstić information content (AvgIpc) is 3.10. The van der Waals surface area contributed by atoms with Crippen molar-refractivity contribution in [2.45, 2.75) is 45.2 Å². The van der Waals surface area contributed by atoms with E-state index in [-0.39, 0.29) is 30.6 Å². The van der Waals surface area contributed by atoms with Crippen LogP contribution in [-0.2, 0) is 28.0 Å². The zero-order valence-corrected chi connectivity index (χ0v) is 16.2. The Balaban J connectivity index is 1.95. The fraction of sp³-hybridized carbons (Fsp3) is 0.688. The molecule has 0 spiro atoms. The van der Waals surface area contributed by atoms with E-state index in [1.807, 2.05) is 6.92 Å². The Morgan fingerprint density at radius 3 is 2.73 bits per heavy atom. The lowest BCUT2D eigenvalue weighted by molar-refractivity contribution is -0.131. The number of aromatic nitrogens is 2. The lowest BCUT2D eigenvalue weighted by Gasteiger charge is -2.30. The molecule has 144 valence electrons. The summed E-state index contributed by atoms with van der Waals surface area (Å²) in [6.45, 7) is 2.78. The van der Waals surface area contributed by atoms with Crippen LogP contribution in [0.3, 0.4) is 0 Å². The summed E-state index contributed by atoms with van der Waals surface area (Å²) >= 11 is 0. The highest BCUT2D eigenvalue weighted by atomic mass is 32.2. The first-order valence-electron chi connectivity index (χ1n) is 8.84. The van der Waals surface area contributed by atoms with Crippen molar-refractivity contribution in [3.63, 3.8) is 0 Å². The number of likely N-dealkylation sites (tertiary alicyclic amines) is 1. The molecule has 0 radical (unpaired) electrons. The van der Waals surface area contributed by atoms with Gasteiger partial charge in [0, 0.05) is 39.2 Å². The van der Waals surface area contributed by atoms with Gasteiger partial charge in [0.05, 0.1) is 18.3 Å². The summed E-state index contributed by atoms with van der Waals surface area (Å²) < 4.78 is 27.3. The van der Waals surface area contributed by atoms with E-state index in [0.717, 1.165) is 17.1 Å². The van der Waals surface area contributed by atoms with Crippen LogP contribution in [0.1, 0.15) is 49.3 Å². The molecule has 0 saturated carbocycles. The van der Waals surface area contributed by atoms with Gasteiger partial charge in [-0.15, -0.1) is 0 Å². The summed E-state index contributed by atoms with van der Waals surface area (Å²) in [5, 5.41) is 0. The average molecular weight is 383 g/mol. The number of carbonyl (C=O) groups excluding carboxylic acids is 1. The molecular weight excluding hydrogens is 358 g/mol. The lowest BCUT2D eigenvalue weighted by atomic mass is 10.1. The largest absolute Gasteiger partial charge is 0.333 e. The van der Waals surface area contributed by atoms with Gasteiger partial charge < -0.3 is 9.88 Å². The minimum absolute atomic E-state index is 0.0321. The Morgan fingerprint density at radius 1 is 1.35 bits per heavy atom. The molecule has 26 heavy (non-hydrogen) atoms. The topological polar surface area (TPSA) is 107 Å². The summed E-state index contributed by atoms with van der Waals surface area (Å²) in [7, 11) is -0.605. The summed E-state index contributed by atoms with van der Waals surface area (Å²) in [6.07, 6.45) is 2.33. The van der Waals surface area contributed by atoms with Crippen LogP contribution in [0.15, 0.2) is 4.79 Å². The van der Waals surface area contributed by atoms with Crippen LogP contribution in [0.2, 0.25) is 0 Å². The molecule has 1 N–H and O–H groups in total. The molecule has 0 bridgehead atoms. The quantitative estimate of drug-likeness (QED) is 0.788. The van der Waals surface area contributed by atoms with Gasteiger partial charge in [-0.25, -0.2) is 4.98 Å². The number of H-pyrrole nitrogens is 1. The van der Waals surface area contributed by atoms with Gasteiger partial charge in [0.25, 0.3) is 15.8 Å². The van der Waals surface area contributed by atoms with E-state index in [4.69, 9.17) is 0 Å². The highest BCUT2D eigenvalue weighted by Crippen LogP contribution is 2.30. The van der Waals surface area contributed by atoms with Crippen molar-refractivity contribution in [3.8, 4) is 0 Å². The first-order chi connectivity index (χ1) is 12.3. The first kappa shape index (κ1) is 19.0. The molecule has 2 aliphatic rings. The van der Waals surface area contributed by atoms with E-state index >= 15 is 0 Å². The van der Waals surface area contributed by atoms with E-state index in [2.05, 4.69) is 9.97 Å². The van der Waals surface area contributed by atoms with Gasteiger partial charge in [0.1, 0.15) is 5.82 Å². The van der Waals surface area contributed by atoms with Crippen LogP contribution < -0.4 is 5.56 Å². The minimum Gasteiger partial charge on any atom is -0.333 e. The molecule has 1 fully saturated rings. The Labute approximate surface area is 153 Å². The third-order valence-electron chi connectivity index (χ3n) is 5.04. The summed E-state index contributed by atoms with van der Waals surface area (Å²) in [5.74, 6) is 0.488. The summed E-state index contributed by atoms with van der Waals surface area (Å²) in [5.41, 5.74) is 0.782. The number of aromatic amines is 1. The Morgan fingerprint density at radius 2 is 2.08 bits per heavy atom. The van der Waals surface area contributed by atoms with Gasteiger partial charge in [-0.1, -0.05) is 6.92 Å². The maximum Gasteiger partial charge on any atom is 0.281 e. The Hall–Kier alpha value is -1.78. The number of amides is 1. The number of hydrogen-bond donors (Lipinski definition) is 1. The van der Waals surface area contributed by atoms with Crippen molar-refractivity contribution < 1.29 is 13.2 Å². The van der Waals surface area contributed by atoms with Crippen LogP contribution in [0.25, 0.3) is 0 Å². The van der Waals surface area contributed by atoms with Crippen LogP contribution in [-0.4, -0.2) is 65.0 Å². The van der Waals surface area contributed by atoms with E-state index in [0.29, 0.717) is 36.5 Å². The number of fused-ring (bicyclic) bond motifs is 1. The van der Waals surface area contributed by atoms with Crippen molar-refractivity contribution in [2.24, 2.45) is 0 Å². The van der Waals surface area contributed by atoms with E-state index in [9.17, 15) is 18.0 Å². The predicted octanol–water partition coefficient (Wildman–Crippen LogP) is 0.00790. The smallest absolute Gasteiger partial charge is 0.281 e. The van der Waals surface area contributed by atoms with Crippen molar-refractivity contribution in [1.82, 2.24) is 23.5 Å². The first-order valence-corrected chi connectivity index (χ1v) is 10.2. The molecule has 0 aromatic carbocycles. The maximum absolute atomic E-state index is 12.5. The number of nitrogens with one attached hydrogen (secondary N) is 1. The highest BCUT2D eigenvalue weighted by molar-refractivity contribution is 7.86. The number of carbonyl (C=O) groups is 1. The number of hydrogen-bond acceptors (Lipinski definition) is 5. The second kappa shape index (κ2) is 7.09. The van der Waals surface area contributed by atoms with Crippen molar-refractivity contribution in [3.05, 3.63) is 27.4 Å². The second-order valence-electron chi connectivity index (χ2n) is 6.85. The summed E-state index contributed by atoms with van der Waals surface area (Å²) in [6, 6.07) is -0.249. The molecule has 1 amide bonds. The molecule has 1 aromatic heterocycles. The van der Waals surface area contributed by atoms with Crippen LogP contribution in [0, 0.1) is 0 Å². The molecule has 0 unspecified atom stereocenters. The van der Waals surface area contributed by atoms with Crippen molar-refractivity contribution in [2.75, 3.05) is 27.2 Å². The number of rotatable bonds is 4. The van der Waals surface area contributed by atoms with Gasteiger partial charge >= 0.3 is 0 Å². The van der Waals surface area contributed by atoms with Gasteiger partial charge in [-0.3, -0.25) is 9.59 Å². The molecule has 3 rings (SSSR count). The Bertz CT molecular complexity index is 864. The predicted molar refractivity (Wildman–Crippen MR) is 95.6 cm³/mol. The van der Waals surface area contributed by atoms with Crippen molar-refractivity contribution >= 4 is 16.1 Å². The van der Waals surface area contributed by atoms with Crippen LogP contribution in [0.4, 0.5) is 0 Å². The molecule has 3 heterocycles. The minimum atomic E-state index is -3.57. The SMILES string of the molecule is CCC(=O)N1CCC[C@H]1c1nc2c(c(=O)[nH]1)CCN(S(=O)(=O)N(C)C)C2. The van der Waals surface area contributed by atoms with Gasteiger partial charge in [-0.2, -0.15) is 17.0 Å². The third-order valence-corrected chi connectivity index (χ3v) is 6.92. The van der Waals surface area contributed by atoms with Crippen LogP contribution >= 0.6 is 0 Å². The molecule has 2 aliphatic heterocycles. The highest BCUT2D eigenvalue weighted by Gasteiger charge is 2.34. The molecular formula is C16H25N5O4S. The molecule has 10 heteroatoms. The zero-order valence-electron chi connectivity index (χ0n) is 15.4. The Kier molecular flexibility index (Phi) is 5.18. The molecule has 1 aromatic rings. The third kappa shape index (κ3) is 3.28. The number of nitrogens with zero attached hydrogens (tertiary/aromatic N) is 4. The van der Waals surface area contributed by atoms with E-state index < -0.39 is 10.2 Å². The molecule has 0 aliphatic carbocycles. The van der Waals surface area contributed by atoms with Crippen LogP contribution in [0.5, 0.6) is 0 Å². The molecule has 9 nitrogen and oxygen atoms in total. The summed E-state index contributed by atoms with van der Waals surface area (Å²) in [4.78, 5) is 33.8. The van der Waals surface area contributed by atoms with Gasteiger partial charge in [0.2, 0.25) is 5.91 Å². The monoisotopic (exact) mass is 383 g/mol. The van der Waals surface area contributed by atoms with E-state index in [1.54, 1.807) is 4.90 Å². The van der Waals surface area contributed by atoms with E-state index in [1.165, 1.54) is 18.4 Å². The fourth-order valence-electron chi connectivity index (χ4n) is 3.57. The molecule has 1 saturated heterocycles. The normalized spacial score (nSPS) is 21.2. The maximum atomic E-state index is 12.5.